The summed E-state index contributed by atoms with van der Waals surface area (Å²) in [6.07, 6.45) is 5.48. The molecule has 0 unspecified atom stereocenters. The van der Waals surface area contributed by atoms with Gasteiger partial charge in [-0.05, 0) is 43.0 Å². The van der Waals surface area contributed by atoms with Crippen molar-refractivity contribution in [3.05, 3.63) is 54.7 Å². The number of benzene rings is 1. The SMILES string of the molecule is C=C[C@@H]1CC[C@H]([C@@H](O)c2ccnc3ccccc23)N(CC)C1. The van der Waals surface area contributed by atoms with Gasteiger partial charge in [0.05, 0.1) is 11.6 Å². The summed E-state index contributed by atoms with van der Waals surface area (Å²) in [6, 6.07) is 10.2. The zero-order valence-corrected chi connectivity index (χ0v) is 13.2. The van der Waals surface area contributed by atoms with Crippen molar-refractivity contribution >= 4 is 10.9 Å². The van der Waals surface area contributed by atoms with Crippen molar-refractivity contribution in [1.82, 2.24) is 9.88 Å². The minimum absolute atomic E-state index is 0.173. The predicted molar refractivity (Wildman–Crippen MR) is 90.7 cm³/mol. The molecule has 1 N–H and O–H groups in total. The number of hydrogen-bond donors (Lipinski definition) is 1. The molecule has 1 aromatic heterocycles. The highest BCUT2D eigenvalue weighted by atomic mass is 16.3. The first-order valence-electron chi connectivity index (χ1n) is 8.13. The number of hydrogen-bond acceptors (Lipinski definition) is 3. The Morgan fingerprint density at radius 3 is 2.95 bits per heavy atom. The summed E-state index contributed by atoms with van der Waals surface area (Å²) in [5, 5.41) is 12.1. The predicted octanol–water partition coefficient (Wildman–Crippen LogP) is 3.55. The molecule has 0 spiro atoms. The van der Waals surface area contributed by atoms with Gasteiger partial charge in [-0.1, -0.05) is 31.2 Å². The molecular formula is C19H24N2O. The Morgan fingerprint density at radius 2 is 2.18 bits per heavy atom. The van der Waals surface area contributed by atoms with Gasteiger partial charge in [-0.15, -0.1) is 6.58 Å². The Kier molecular flexibility index (Phi) is 4.55. The van der Waals surface area contributed by atoms with Gasteiger partial charge in [-0.25, -0.2) is 0 Å². The van der Waals surface area contributed by atoms with E-state index in [9.17, 15) is 5.11 Å². The highest BCUT2D eigenvalue weighted by Crippen LogP contribution is 2.33. The summed E-state index contributed by atoms with van der Waals surface area (Å²) in [4.78, 5) is 6.78. The minimum atomic E-state index is -0.474. The number of piperidine rings is 1. The number of aliphatic hydroxyl groups excluding tert-OH is 1. The van der Waals surface area contributed by atoms with Crippen molar-refractivity contribution in [3.8, 4) is 0 Å². The van der Waals surface area contributed by atoms with Crippen molar-refractivity contribution in [2.45, 2.75) is 31.9 Å². The molecule has 1 saturated heterocycles. The summed E-state index contributed by atoms with van der Waals surface area (Å²) < 4.78 is 0. The Balaban J connectivity index is 1.92. The van der Waals surface area contributed by atoms with Crippen LogP contribution < -0.4 is 0 Å². The molecule has 1 aromatic carbocycles. The molecule has 3 heteroatoms. The molecule has 0 radical (unpaired) electrons. The molecular weight excluding hydrogens is 272 g/mol. The number of rotatable bonds is 4. The number of aromatic nitrogens is 1. The van der Waals surface area contributed by atoms with E-state index in [4.69, 9.17) is 0 Å². The first-order valence-corrected chi connectivity index (χ1v) is 8.13. The summed E-state index contributed by atoms with van der Waals surface area (Å²) in [5.74, 6) is 0.539. The lowest BCUT2D eigenvalue weighted by molar-refractivity contribution is 0.0183. The molecule has 1 aliphatic rings. The van der Waals surface area contributed by atoms with Crippen molar-refractivity contribution in [2.24, 2.45) is 5.92 Å². The van der Waals surface area contributed by atoms with E-state index >= 15 is 0 Å². The molecule has 1 aliphatic heterocycles. The number of likely N-dealkylation sites (N-methyl/N-ethyl adjacent to an activating group) is 1. The Morgan fingerprint density at radius 1 is 1.36 bits per heavy atom. The maximum Gasteiger partial charge on any atom is 0.0952 e. The fraction of sp³-hybridized carbons (Fsp3) is 0.421. The van der Waals surface area contributed by atoms with Crippen LogP contribution in [0.5, 0.6) is 0 Å². The van der Waals surface area contributed by atoms with Crippen molar-refractivity contribution in [1.29, 1.82) is 0 Å². The second-order valence-electron chi connectivity index (χ2n) is 6.09. The molecule has 0 saturated carbocycles. The molecule has 3 rings (SSSR count). The average molecular weight is 296 g/mol. The third kappa shape index (κ3) is 2.79. The van der Waals surface area contributed by atoms with Gasteiger partial charge in [0.1, 0.15) is 0 Å². The first-order chi connectivity index (χ1) is 10.7. The highest BCUT2D eigenvalue weighted by molar-refractivity contribution is 5.82. The van der Waals surface area contributed by atoms with Crippen LogP contribution in [0, 0.1) is 5.92 Å². The van der Waals surface area contributed by atoms with Gasteiger partial charge in [-0.2, -0.15) is 0 Å². The molecule has 116 valence electrons. The fourth-order valence-corrected chi connectivity index (χ4v) is 3.59. The van der Waals surface area contributed by atoms with Crippen LogP contribution in [0.25, 0.3) is 10.9 Å². The van der Waals surface area contributed by atoms with Gasteiger partial charge in [0, 0.05) is 24.2 Å². The second-order valence-corrected chi connectivity index (χ2v) is 6.09. The summed E-state index contributed by atoms with van der Waals surface area (Å²) in [5.41, 5.74) is 1.94. The zero-order valence-electron chi connectivity index (χ0n) is 13.2. The van der Waals surface area contributed by atoms with Crippen molar-refractivity contribution in [3.63, 3.8) is 0 Å². The summed E-state index contributed by atoms with van der Waals surface area (Å²) in [6.45, 7) is 8.03. The van der Waals surface area contributed by atoms with Gasteiger partial charge >= 0.3 is 0 Å². The van der Waals surface area contributed by atoms with Crippen molar-refractivity contribution in [2.75, 3.05) is 13.1 Å². The minimum Gasteiger partial charge on any atom is -0.387 e. The third-order valence-electron chi connectivity index (χ3n) is 4.88. The topological polar surface area (TPSA) is 36.4 Å². The van der Waals surface area contributed by atoms with Crippen LogP contribution in [-0.4, -0.2) is 34.1 Å². The Hall–Kier alpha value is -1.71. The van der Waals surface area contributed by atoms with E-state index in [0.717, 1.165) is 42.4 Å². The lowest BCUT2D eigenvalue weighted by Gasteiger charge is -2.40. The zero-order chi connectivity index (χ0) is 15.5. The van der Waals surface area contributed by atoms with Gasteiger partial charge in [0.15, 0.2) is 0 Å². The largest absolute Gasteiger partial charge is 0.387 e. The lowest BCUT2D eigenvalue weighted by atomic mass is 9.87. The van der Waals surface area contributed by atoms with E-state index in [-0.39, 0.29) is 6.04 Å². The molecule has 3 nitrogen and oxygen atoms in total. The second kappa shape index (κ2) is 6.59. The number of pyridine rings is 1. The normalized spacial score (nSPS) is 24.3. The molecule has 22 heavy (non-hydrogen) atoms. The van der Waals surface area contributed by atoms with E-state index in [1.165, 1.54) is 0 Å². The molecule has 0 aliphatic carbocycles. The van der Waals surface area contributed by atoms with Gasteiger partial charge in [-0.3, -0.25) is 9.88 Å². The number of nitrogens with zero attached hydrogens (tertiary/aromatic N) is 2. The number of para-hydroxylation sites is 1. The number of fused-ring (bicyclic) bond motifs is 1. The molecule has 2 aromatic rings. The van der Waals surface area contributed by atoms with E-state index in [0.29, 0.717) is 5.92 Å². The van der Waals surface area contributed by atoms with Gasteiger partial charge < -0.3 is 5.11 Å². The lowest BCUT2D eigenvalue weighted by Crippen LogP contribution is -2.46. The van der Waals surface area contributed by atoms with Crippen LogP contribution in [0.2, 0.25) is 0 Å². The molecule has 0 amide bonds. The van der Waals surface area contributed by atoms with Crippen LogP contribution >= 0.6 is 0 Å². The molecule has 2 heterocycles. The monoisotopic (exact) mass is 296 g/mol. The quantitative estimate of drug-likeness (QED) is 0.877. The fourth-order valence-electron chi connectivity index (χ4n) is 3.59. The van der Waals surface area contributed by atoms with Crippen LogP contribution in [0.4, 0.5) is 0 Å². The summed E-state index contributed by atoms with van der Waals surface area (Å²) >= 11 is 0. The number of likely N-dealkylation sites (tertiary alicyclic amines) is 1. The van der Waals surface area contributed by atoms with E-state index in [2.05, 4.69) is 23.4 Å². The van der Waals surface area contributed by atoms with Crippen LogP contribution in [0.1, 0.15) is 31.4 Å². The molecule has 1 fully saturated rings. The van der Waals surface area contributed by atoms with Crippen LogP contribution in [0.3, 0.4) is 0 Å². The first kappa shape index (κ1) is 15.2. The van der Waals surface area contributed by atoms with E-state index < -0.39 is 6.10 Å². The maximum atomic E-state index is 11.0. The Labute approximate surface area is 132 Å². The Bertz CT molecular complexity index is 649. The van der Waals surface area contributed by atoms with E-state index in [1.807, 2.05) is 36.4 Å². The highest BCUT2D eigenvalue weighted by Gasteiger charge is 2.32. The average Bonchev–Trinajstić information content (AvgIpc) is 2.60. The van der Waals surface area contributed by atoms with Gasteiger partial charge in [0.25, 0.3) is 0 Å². The third-order valence-corrected chi connectivity index (χ3v) is 4.88. The van der Waals surface area contributed by atoms with E-state index in [1.54, 1.807) is 6.20 Å². The molecule has 3 atom stereocenters. The van der Waals surface area contributed by atoms with Crippen LogP contribution in [0.15, 0.2) is 49.2 Å². The molecule has 0 bridgehead atoms. The van der Waals surface area contributed by atoms with Crippen molar-refractivity contribution < 1.29 is 5.11 Å². The summed E-state index contributed by atoms with van der Waals surface area (Å²) in [7, 11) is 0. The number of aliphatic hydroxyl groups is 1. The van der Waals surface area contributed by atoms with Crippen LogP contribution in [-0.2, 0) is 0 Å². The maximum absolute atomic E-state index is 11.0. The smallest absolute Gasteiger partial charge is 0.0952 e. The standard InChI is InChI=1S/C19H24N2O/c1-3-14-9-10-18(21(4-2)13-14)19(22)16-11-12-20-17-8-6-5-7-15(16)17/h3,5-8,11-12,14,18-19,22H,1,4,9-10,13H2,2H3/t14-,18-,19+/m1/s1. The van der Waals surface area contributed by atoms with Gasteiger partial charge in [0.2, 0.25) is 0 Å².